The summed E-state index contributed by atoms with van der Waals surface area (Å²) in [5.41, 5.74) is 1.19. The lowest BCUT2D eigenvalue weighted by molar-refractivity contribution is -0.0418. The van der Waals surface area contributed by atoms with E-state index in [1.54, 1.807) is 4.68 Å². The molecule has 0 spiro atoms. The summed E-state index contributed by atoms with van der Waals surface area (Å²) in [6.45, 7) is 4.04. The molecule has 1 aliphatic carbocycles. The summed E-state index contributed by atoms with van der Waals surface area (Å²) in [6, 6.07) is 0. The van der Waals surface area contributed by atoms with E-state index in [2.05, 4.69) is 12.0 Å². The summed E-state index contributed by atoms with van der Waals surface area (Å²) in [5, 5.41) is 15.8. The lowest BCUT2D eigenvalue weighted by Gasteiger charge is -2.38. The molecule has 96 valence electrons. The van der Waals surface area contributed by atoms with E-state index >= 15 is 0 Å². The SMILES string of the molecule is Cc1nn(C)c(CC2(O)CCCCC2C)c1Cl. The summed E-state index contributed by atoms with van der Waals surface area (Å²) in [5.74, 6) is 0.336. The van der Waals surface area contributed by atoms with Crippen LogP contribution in [0.15, 0.2) is 0 Å². The van der Waals surface area contributed by atoms with Crippen molar-refractivity contribution in [2.45, 2.75) is 51.6 Å². The predicted molar refractivity (Wildman–Crippen MR) is 69.2 cm³/mol. The zero-order valence-electron chi connectivity index (χ0n) is 10.8. The Kier molecular flexibility index (Phi) is 3.50. The maximum Gasteiger partial charge on any atom is 0.0848 e. The number of rotatable bonds is 2. The van der Waals surface area contributed by atoms with Gasteiger partial charge in [-0.05, 0) is 25.7 Å². The molecular weight excluding hydrogens is 236 g/mol. The molecule has 0 amide bonds. The molecule has 0 aliphatic heterocycles. The molecule has 0 saturated heterocycles. The van der Waals surface area contributed by atoms with Crippen molar-refractivity contribution in [1.29, 1.82) is 0 Å². The standard InChI is InChI=1S/C13H21ClN2O/c1-9-6-4-5-7-13(9,17)8-11-12(14)10(2)15-16(11)3/h9,17H,4-8H2,1-3H3. The fourth-order valence-electron chi connectivity index (χ4n) is 2.82. The van der Waals surface area contributed by atoms with Gasteiger partial charge in [0, 0.05) is 13.5 Å². The third-order valence-corrected chi connectivity index (χ3v) is 4.64. The van der Waals surface area contributed by atoms with Crippen molar-refractivity contribution >= 4 is 11.6 Å². The lowest BCUT2D eigenvalue weighted by atomic mass is 9.74. The van der Waals surface area contributed by atoms with Crippen LogP contribution in [-0.4, -0.2) is 20.5 Å². The van der Waals surface area contributed by atoms with Crippen LogP contribution < -0.4 is 0 Å². The molecule has 1 saturated carbocycles. The van der Waals surface area contributed by atoms with Crippen molar-refractivity contribution in [2.24, 2.45) is 13.0 Å². The summed E-state index contributed by atoms with van der Waals surface area (Å²) < 4.78 is 1.80. The van der Waals surface area contributed by atoms with Crippen LogP contribution in [0.4, 0.5) is 0 Å². The Balaban J connectivity index is 2.24. The monoisotopic (exact) mass is 256 g/mol. The van der Waals surface area contributed by atoms with Crippen molar-refractivity contribution in [1.82, 2.24) is 9.78 Å². The molecule has 3 nitrogen and oxygen atoms in total. The highest BCUT2D eigenvalue weighted by atomic mass is 35.5. The third-order valence-electron chi connectivity index (χ3n) is 4.15. The molecule has 0 bridgehead atoms. The van der Waals surface area contributed by atoms with Gasteiger partial charge in [-0.25, -0.2) is 0 Å². The molecule has 1 heterocycles. The van der Waals surface area contributed by atoms with Crippen LogP contribution in [-0.2, 0) is 13.5 Å². The van der Waals surface area contributed by atoms with Gasteiger partial charge in [-0.1, -0.05) is 31.4 Å². The highest BCUT2D eigenvalue weighted by Crippen LogP contribution is 2.37. The molecular formula is C13H21ClN2O. The Morgan fingerprint density at radius 1 is 1.53 bits per heavy atom. The fourth-order valence-corrected chi connectivity index (χ4v) is 3.05. The smallest absolute Gasteiger partial charge is 0.0848 e. The fraction of sp³-hybridized carbons (Fsp3) is 0.769. The Bertz CT molecular complexity index is 416. The van der Waals surface area contributed by atoms with E-state index in [4.69, 9.17) is 11.6 Å². The van der Waals surface area contributed by atoms with E-state index in [1.807, 2.05) is 14.0 Å². The minimum Gasteiger partial charge on any atom is -0.389 e. The number of nitrogens with zero attached hydrogens (tertiary/aromatic N) is 2. The minimum absolute atomic E-state index is 0.336. The largest absolute Gasteiger partial charge is 0.389 e. The first-order valence-electron chi connectivity index (χ1n) is 6.34. The average Bonchev–Trinajstić information content (AvgIpc) is 2.50. The number of halogens is 1. The molecule has 0 aromatic carbocycles. The molecule has 2 rings (SSSR count). The van der Waals surface area contributed by atoms with Gasteiger partial charge in [0.05, 0.1) is 22.0 Å². The van der Waals surface area contributed by atoms with Crippen molar-refractivity contribution in [2.75, 3.05) is 0 Å². The Morgan fingerprint density at radius 2 is 2.24 bits per heavy atom. The number of aromatic nitrogens is 2. The third kappa shape index (κ3) is 2.36. The minimum atomic E-state index is -0.609. The number of hydrogen-bond acceptors (Lipinski definition) is 2. The van der Waals surface area contributed by atoms with E-state index < -0.39 is 5.60 Å². The van der Waals surface area contributed by atoms with Crippen LogP contribution in [0.2, 0.25) is 5.02 Å². The van der Waals surface area contributed by atoms with Gasteiger partial charge in [0.25, 0.3) is 0 Å². The van der Waals surface area contributed by atoms with E-state index in [1.165, 1.54) is 6.42 Å². The molecule has 1 aromatic rings. The van der Waals surface area contributed by atoms with Gasteiger partial charge in [0.2, 0.25) is 0 Å². The van der Waals surface area contributed by atoms with E-state index in [0.717, 1.165) is 30.7 Å². The van der Waals surface area contributed by atoms with Gasteiger partial charge < -0.3 is 5.11 Å². The maximum absolute atomic E-state index is 10.8. The first-order valence-corrected chi connectivity index (χ1v) is 6.72. The maximum atomic E-state index is 10.8. The van der Waals surface area contributed by atoms with Crippen LogP contribution in [0.1, 0.15) is 44.0 Å². The summed E-state index contributed by atoms with van der Waals surface area (Å²) in [7, 11) is 1.89. The lowest BCUT2D eigenvalue weighted by Crippen LogP contribution is -2.41. The predicted octanol–water partition coefficient (Wildman–Crippen LogP) is 2.87. The number of aryl methyl sites for hydroxylation is 2. The molecule has 1 fully saturated rings. The molecule has 2 atom stereocenters. The van der Waals surface area contributed by atoms with Crippen LogP contribution in [0.3, 0.4) is 0 Å². The highest BCUT2D eigenvalue weighted by molar-refractivity contribution is 6.31. The molecule has 4 heteroatoms. The molecule has 17 heavy (non-hydrogen) atoms. The second-order valence-corrected chi connectivity index (χ2v) is 5.77. The Morgan fingerprint density at radius 3 is 2.76 bits per heavy atom. The van der Waals surface area contributed by atoms with Gasteiger partial charge in [0.15, 0.2) is 0 Å². The Labute approximate surface area is 108 Å². The first kappa shape index (κ1) is 12.9. The van der Waals surface area contributed by atoms with Crippen molar-refractivity contribution in [3.63, 3.8) is 0 Å². The Hall–Kier alpha value is -0.540. The quantitative estimate of drug-likeness (QED) is 0.884. The second-order valence-electron chi connectivity index (χ2n) is 5.40. The summed E-state index contributed by atoms with van der Waals surface area (Å²) >= 11 is 6.25. The van der Waals surface area contributed by atoms with Crippen molar-refractivity contribution in [3.8, 4) is 0 Å². The normalized spacial score (nSPS) is 29.6. The number of hydrogen-bond donors (Lipinski definition) is 1. The summed E-state index contributed by atoms with van der Waals surface area (Å²) in [4.78, 5) is 0. The van der Waals surface area contributed by atoms with Crippen LogP contribution in [0, 0.1) is 12.8 Å². The van der Waals surface area contributed by atoms with E-state index in [0.29, 0.717) is 17.4 Å². The molecule has 1 aromatic heterocycles. The van der Waals surface area contributed by atoms with Crippen molar-refractivity contribution in [3.05, 3.63) is 16.4 Å². The van der Waals surface area contributed by atoms with Crippen LogP contribution >= 0.6 is 11.6 Å². The zero-order valence-corrected chi connectivity index (χ0v) is 11.6. The van der Waals surface area contributed by atoms with Crippen LogP contribution in [0.5, 0.6) is 0 Å². The second kappa shape index (κ2) is 4.62. The van der Waals surface area contributed by atoms with Gasteiger partial charge in [-0.3, -0.25) is 4.68 Å². The molecule has 0 radical (unpaired) electrons. The molecule has 2 unspecified atom stereocenters. The molecule has 1 aliphatic rings. The average molecular weight is 257 g/mol. The first-order chi connectivity index (χ1) is 7.94. The summed E-state index contributed by atoms with van der Waals surface area (Å²) in [6.07, 6.45) is 4.92. The van der Waals surface area contributed by atoms with Gasteiger partial charge >= 0.3 is 0 Å². The van der Waals surface area contributed by atoms with Crippen LogP contribution in [0.25, 0.3) is 0 Å². The van der Waals surface area contributed by atoms with E-state index in [9.17, 15) is 5.11 Å². The van der Waals surface area contributed by atoms with E-state index in [-0.39, 0.29) is 0 Å². The van der Waals surface area contributed by atoms with Gasteiger partial charge in [-0.15, -0.1) is 0 Å². The number of aliphatic hydroxyl groups is 1. The molecule has 1 N–H and O–H groups in total. The van der Waals surface area contributed by atoms with Gasteiger partial charge in [0.1, 0.15) is 0 Å². The van der Waals surface area contributed by atoms with Crippen molar-refractivity contribution < 1.29 is 5.11 Å². The zero-order chi connectivity index (χ0) is 12.6. The van der Waals surface area contributed by atoms with Gasteiger partial charge in [-0.2, -0.15) is 5.10 Å². The highest BCUT2D eigenvalue weighted by Gasteiger charge is 2.37. The topological polar surface area (TPSA) is 38.0 Å².